The third kappa shape index (κ3) is 3.88. The van der Waals surface area contributed by atoms with Crippen LogP contribution in [0.25, 0.3) is 0 Å². The summed E-state index contributed by atoms with van der Waals surface area (Å²) < 4.78 is 0. The molecule has 0 heterocycles. The Morgan fingerprint density at radius 2 is 1.62 bits per heavy atom. The van der Waals surface area contributed by atoms with Crippen molar-refractivity contribution in [2.75, 3.05) is 14.1 Å². The van der Waals surface area contributed by atoms with Gasteiger partial charge in [-0.15, -0.1) is 0 Å². The molecule has 2 saturated carbocycles. The Morgan fingerprint density at radius 1 is 1.00 bits per heavy atom. The lowest BCUT2D eigenvalue weighted by molar-refractivity contribution is -0.0558. The molecule has 0 aromatic heterocycles. The molecule has 26 heavy (non-hydrogen) atoms. The van der Waals surface area contributed by atoms with Crippen molar-refractivity contribution in [1.29, 1.82) is 0 Å². The minimum Gasteiger partial charge on any atom is -0.508 e. The van der Waals surface area contributed by atoms with Crippen LogP contribution >= 0.6 is 0 Å². The molecule has 0 aliphatic heterocycles. The van der Waals surface area contributed by atoms with Crippen molar-refractivity contribution in [2.45, 2.75) is 78.6 Å². The lowest BCUT2D eigenvalue weighted by Gasteiger charge is -2.58. The van der Waals surface area contributed by atoms with E-state index in [0.717, 1.165) is 29.9 Å². The number of nitrogens with one attached hydrogen (secondary N) is 1. The summed E-state index contributed by atoms with van der Waals surface area (Å²) >= 11 is 0. The van der Waals surface area contributed by atoms with Gasteiger partial charge in [-0.25, -0.2) is 0 Å². The van der Waals surface area contributed by atoms with Crippen LogP contribution in [0, 0.1) is 23.7 Å². The molecule has 0 spiro atoms. The Balaban J connectivity index is 0.000000758. The molecule has 3 rings (SSSR count). The van der Waals surface area contributed by atoms with Crippen LogP contribution in [0.15, 0.2) is 12.1 Å². The predicted molar refractivity (Wildman–Crippen MR) is 110 cm³/mol. The van der Waals surface area contributed by atoms with Gasteiger partial charge in [-0.05, 0) is 86.9 Å². The van der Waals surface area contributed by atoms with E-state index >= 15 is 0 Å². The number of rotatable bonds is 1. The summed E-state index contributed by atoms with van der Waals surface area (Å²) in [6, 6.07) is 3.30. The van der Waals surface area contributed by atoms with Crippen LogP contribution in [0.1, 0.15) is 77.3 Å². The normalized spacial score (nSPS) is 33.0. The molecule has 2 aliphatic rings. The number of phenolic OH excluding ortho intramolecular Hbond substituents is 2. The van der Waals surface area contributed by atoms with Crippen molar-refractivity contribution in [3.63, 3.8) is 0 Å². The minimum atomic E-state index is 0.000532. The smallest absolute Gasteiger partial charge is 0.123 e. The summed E-state index contributed by atoms with van der Waals surface area (Å²) in [5, 5.41) is 23.0. The summed E-state index contributed by atoms with van der Waals surface area (Å²) in [4.78, 5) is 0. The molecule has 0 amide bonds. The summed E-state index contributed by atoms with van der Waals surface area (Å²) in [5.41, 5.74) is 2.85. The van der Waals surface area contributed by atoms with E-state index in [1.807, 2.05) is 21.0 Å². The van der Waals surface area contributed by atoms with Crippen molar-refractivity contribution in [1.82, 2.24) is 5.32 Å². The van der Waals surface area contributed by atoms with Crippen molar-refractivity contribution in [2.24, 2.45) is 16.7 Å². The van der Waals surface area contributed by atoms with Gasteiger partial charge >= 0.3 is 0 Å². The average molecular weight is 362 g/mol. The number of phenols is 2. The number of fused-ring (bicyclic) bond motifs is 1. The fraction of sp³-hybridized carbons (Fsp3) is 0.739. The van der Waals surface area contributed by atoms with E-state index in [1.54, 1.807) is 6.07 Å². The first-order chi connectivity index (χ1) is 12.0. The highest BCUT2D eigenvalue weighted by Gasteiger charge is 2.53. The van der Waals surface area contributed by atoms with Gasteiger partial charge in [0.25, 0.3) is 0 Å². The molecule has 3 nitrogen and oxygen atoms in total. The van der Waals surface area contributed by atoms with Crippen molar-refractivity contribution in [3.05, 3.63) is 23.3 Å². The molecular weight excluding hydrogens is 322 g/mol. The largest absolute Gasteiger partial charge is 0.508 e. The summed E-state index contributed by atoms with van der Waals surface area (Å²) in [7, 11) is 3.75. The quantitative estimate of drug-likeness (QED) is 0.617. The van der Waals surface area contributed by atoms with Gasteiger partial charge in [0.15, 0.2) is 0 Å². The maximum Gasteiger partial charge on any atom is 0.123 e. The maximum absolute atomic E-state index is 10.5. The third-order valence-corrected chi connectivity index (χ3v) is 7.04. The fourth-order valence-corrected chi connectivity index (χ4v) is 6.38. The van der Waals surface area contributed by atoms with Gasteiger partial charge in [-0.3, -0.25) is 0 Å². The van der Waals surface area contributed by atoms with E-state index < -0.39 is 0 Å². The Morgan fingerprint density at radius 3 is 2.19 bits per heavy atom. The molecular formula is C23H39NO2. The molecule has 3 N–H and O–H groups in total. The summed E-state index contributed by atoms with van der Waals surface area (Å²) in [6.07, 6.45) is 7.45. The van der Waals surface area contributed by atoms with Crippen LogP contribution < -0.4 is 5.32 Å². The highest BCUT2D eigenvalue weighted by atomic mass is 16.3. The second-order valence-electron chi connectivity index (χ2n) is 9.98. The summed E-state index contributed by atoms with van der Waals surface area (Å²) in [6.45, 7) is 11.7. The molecule has 3 atom stereocenters. The highest BCUT2D eigenvalue weighted by Crippen LogP contribution is 2.62. The molecule has 0 bridgehead atoms. The molecule has 1 aromatic carbocycles. The Bertz CT molecular complexity index is 616. The predicted octanol–water partition coefficient (Wildman–Crippen LogP) is 5.52. The first-order valence-corrected chi connectivity index (χ1v) is 10.1. The van der Waals surface area contributed by atoms with Crippen LogP contribution in [0.4, 0.5) is 0 Å². The molecule has 2 fully saturated rings. The number of hydrogen-bond acceptors (Lipinski definition) is 3. The Kier molecular flexibility index (Phi) is 6.02. The van der Waals surface area contributed by atoms with E-state index in [0.29, 0.717) is 10.8 Å². The zero-order chi connectivity index (χ0) is 19.8. The van der Waals surface area contributed by atoms with Crippen molar-refractivity contribution in [3.8, 4) is 11.5 Å². The van der Waals surface area contributed by atoms with Gasteiger partial charge < -0.3 is 15.5 Å². The number of benzene rings is 1. The van der Waals surface area contributed by atoms with Crippen LogP contribution in [0.3, 0.4) is 0 Å². The monoisotopic (exact) mass is 361 g/mol. The second kappa shape index (κ2) is 7.42. The van der Waals surface area contributed by atoms with Crippen molar-refractivity contribution < 1.29 is 10.2 Å². The summed E-state index contributed by atoms with van der Waals surface area (Å²) in [5.74, 6) is 1.20. The van der Waals surface area contributed by atoms with Gasteiger partial charge in [0, 0.05) is 11.6 Å². The topological polar surface area (TPSA) is 52.5 Å². The molecule has 2 aliphatic carbocycles. The van der Waals surface area contributed by atoms with Crippen LogP contribution in [0.5, 0.6) is 11.5 Å². The van der Waals surface area contributed by atoms with Gasteiger partial charge in [-0.1, -0.05) is 34.1 Å². The first-order valence-electron chi connectivity index (χ1n) is 10.1. The first kappa shape index (κ1) is 21.1. The zero-order valence-electron chi connectivity index (χ0n) is 17.9. The SMILES string of the molecule is CNC.Cc1cc(O)cc(O)c1[C@@]1(C)CC[C@@H]2C(C)(C)CCC[C@@]2(C)C1. The number of aryl methyl sites for hydroxylation is 1. The zero-order valence-corrected chi connectivity index (χ0v) is 17.9. The average Bonchev–Trinajstić information content (AvgIpc) is 2.44. The van der Waals surface area contributed by atoms with E-state index in [2.05, 4.69) is 33.0 Å². The highest BCUT2D eigenvalue weighted by molar-refractivity contribution is 5.49. The number of hydrogen-bond donors (Lipinski definition) is 3. The van der Waals surface area contributed by atoms with Gasteiger partial charge in [0.1, 0.15) is 11.5 Å². The Hall–Kier alpha value is -1.22. The minimum absolute atomic E-state index is 0.000532. The van der Waals surface area contributed by atoms with Gasteiger partial charge in [-0.2, -0.15) is 0 Å². The van der Waals surface area contributed by atoms with E-state index in [4.69, 9.17) is 0 Å². The standard InChI is InChI=1S/C21H32O2.C2H7N/c1-14-11-15(22)12-16(23)18(14)21(5)10-7-17-19(2,3)8-6-9-20(17,4)13-21;1-3-2/h11-12,17,22-23H,6-10,13H2,1-5H3;3H,1-2H3/t17-,20+,21+;/m1./s1. The van der Waals surface area contributed by atoms with Gasteiger partial charge in [0.05, 0.1) is 0 Å². The van der Waals surface area contributed by atoms with E-state index in [9.17, 15) is 10.2 Å². The lowest BCUT2D eigenvalue weighted by Crippen LogP contribution is -2.49. The van der Waals surface area contributed by atoms with Gasteiger partial charge in [0.2, 0.25) is 0 Å². The third-order valence-electron chi connectivity index (χ3n) is 7.04. The fourth-order valence-electron chi connectivity index (χ4n) is 6.38. The van der Waals surface area contributed by atoms with Crippen LogP contribution in [0.2, 0.25) is 0 Å². The molecule has 0 unspecified atom stereocenters. The van der Waals surface area contributed by atoms with Crippen LogP contribution in [-0.4, -0.2) is 24.3 Å². The lowest BCUT2D eigenvalue weighted by atomic mass is 9.47. The molecule has 3 heteroatoms. The number of aromatic hydroxyl groups is 2. The van der Waals surface area contributed by atoms with Crippen molar-refractivity contribution >= 4 is 0 Å². The maximum atomic E-state index is 10.5. The second-order valence-corrected chi connectivity index (χ2v) is 9.98. The molecule has 0 saturated heterocycles. The molecule has 0 radical (unpaired) electrons. The molecule has 1 aromatic rings. The molecule has 148 valence electrons. The van der Waals surface area contributed by atoms with E-state index in [1.165, 1.54) is 31.7 Å². The van der Waals surface area contributed by atoms with Crippen LogP contribution in [-0.2, 0) is 5.41 Å². The Labute approximate surface area is 160 Å². The van der Waals surface area contributed by atoms with E-state index in [-0.39, 0.29) is 16.9 Å².